The largest absolute Gasteiger partial charge is 0.481 e. The van der Waals surface area contributed by atoms with Gasteiger partial charge in [0.2, 0.25) is 0 Å². The molecule has 0 bridgehead atoms. The second kappa shape index (κ2) is 2.98. The number of nitrogens with one attached hydrogen (secondary N) is 1. The van der Waals surface area contributed by atoms with E-state index in [4.69, 9.17) is 10.2 Å². The topological polar surface area (TPSA) is 69.6 Å². The fourth-order valence-corrected chi connectivity index (χ4v) is 1.16. The maximum atomic E-state index is 10.1. The van der Waals surface area contributed by atoms with Crippen LogP contribution in [0.5, 0.6) is 0 Å². The monoisotopic (exact) mass is 145 g/mol. The summed E-state index contributed by atoms with van der Waals surface area (Å²) in [7, 11) is 0. The van der Waals surface area contributed by atoms with Gasteiger partial charge in [0.15, 0.2) is 0 Å². The van der Waals surface area contributed by atoms with Crippen molar-refractivity contribution in [3.63, 3.8) is 0 Å². The fourth-order valence-electron chi connectivity index (χ4n) is 1.16. The number of carboxylic acid groups (broad SMARTS) is 1. The number of aliphatic hydroxyl groups is 1. The summed E-state index contributed by atoms with van der Waals surface area (Å²) in [5.74, 6) is -0.813. The Morgan fingerprint density at radius 2 is 2.40 bits per heavy atom. The summed E-state index contributed by atoms with van der Waals surface area (Å²) < 4.78 is 0. The Bertz CT molecular complexity index is 137. The van der Waals surface area contributed by atoms with E-state index in [1.807, 2.05) is 0 Å². The highest BCUT2D eigenvalue weighted by Gasteiger charge is 2.23. The molecule has 0 amide bonds. The number of β-amino-alcohol motifs (C(OH)–C–C–N with tert-alkyl or cyclic N) is 1. The van der Waals surface area contributed by atoms with Gasteiger partial charge in [0.25, 0.3) is 0 Å². The number of aliphatic hydroxyl groups excluding tert-OH is 1. The molecule has 4 heteroatoms. The quantitative estimate of drug-likeness (QED) is 0.475. The van der Waals surface area contributed by atoms with Crippen LogP contribution in [0, 0.1) is 0 Å². The Labute approximate surface area is 58.9 Å². The first-order valence-corrected chi connectivity index (χ1v) is 3.31. The molecule has 58 valence electrons. The molecule has 2 atom stereocenters. The molecular formula is C6H11NO3. The van der Waals surface area contributed by atoms with Crippen LogP contribution in [-0.4, -0.2) is 34.9 Å². The van der Waals surface area contributed by atoms with E-state index >= 15 is 0 Å². The van der Waals surface area contributed by atoms with Crippen LogP contribution < -0.4 is 5.32 Å². The van der Waals surface area contributed by atoms with Gasteiger partial charge in [-0.15, -0.1) is 0 Å². The molecule has 1 unspecified atom stereocenters. The van der Waals surface area contributed by atoms with Crippen LogP contribution in [0.15, 0.2) is 0 Å². The first-order valence-electron chi connectivity index (χ1n) is 3.31. The van der Waals surface area contributed by atoms with Gasteiger partial charge < -0.3 is 15.5 Å². The summed E-state index contributed by atoms with van der Waals surface area (Å²) in [4.78, 5) is 10.1. The van der Waals surface area contributed by atoms with Gasteiger partial charge in [-0.1, -0.05) is 0 Å². The molecule has 1 rings (SSSR count). The van der Waals surface area contributed by atoms with Crippen molar-refractivity contribution in [3.05, 3.63) is 0 Å². The van der Waals surface area contributed by atoms with Crippen molar-refractivity contribution >= 4 is 5.97 Å². The van der Waals surface area contributed by atoms with Gasteiger partial charge in [-0.05, 0) is 6.42 Å². The normalized spacial score (nSPS) is 32.5. The summed E-state index contributed by atoms with van der Waals surface area (Å²) in [5.41, 5.74) is 0. The molecule has 1 aliphatic rings. The first kappa shape index (κ1) is 7.50. The van der Waals surface area contributed by atoms with E-state index in [1.54, 1.807) is 0 Å². The van der Waals surface area contributed by atoms with Crippen molar-refractivity contribution in [3.8, 4) is 0 Å². The molecule has 1 saturated heterocycles. The molecule has 0 aromatic rings. The zero-order valence-electron chi connectivity index (χ0n) is 5.58. The minimum absolute atomic E-state index is 0.0347. The number of carboxylic acids is 1. The molecule has 0 aromatic carbocycles. The Morgan fingerprint density at radius 1 is 1.70 bits per heavy atom. The van der Waals surface area contributed by atoms with E-state index in [9.17, 15) is 4.79 Å². The lowest BCUT2D eigenvalue weighted by Gasteiger charge is -2.03. The third kappa shape index (κ3) is 1.97. The summed E-state index contributed by atoms with van der Waals surface area (Å²) in [6.45, 7) is 0.526. The number of carbonyl (C=O) groups is 1. The smallest absolute Gasteiger partial charge is 0.304 e. The molecule has 0 aliphatic carbocycles. The maximum Gasteiger partial charge on any atom is 0.304 e. The van der Waals surface area contributed by atoms with Crippen LogP contribution in [0.4, 0.5) is 0 Å². The van der Waals surface area contributed by atoms with Gasteiger partial charge in [-0.25, -0.2) is 0 Å². The van der Waals surface area contributed by atoms with Gasteiger partial charge in [0, 0.05) is 12.6 Å². The summed E-state index contributed by atoms with van der Waals surface area (Å²) in [6.07, 6.45) is 0.313. The van der Waals surface area contributed by atoms with Crippen molar-refractivity contribution < 1.29 is 15.0 Å². The molecule has 1 heterocycles. The Balaban J connectivity index is 2.24. The summed E-state index contributed by atoms with van der Waals surface area (Å²) in [5, 5.41) is 20.2. The molecule has 3 N–H and O–H groups in total. The molecule has 4 nitrogen and oxygen atoms in total. The second-order valence-electron chi connectivity index (χ2n) is 2.59. The standard InChI is InChI=1S/C6H11NO3/c8-5-1-4(7-3-5)2-6(9)10/h4-5,7-8H,1-3H2,(H,9,10)/t4-,5?/m0/s1. The molecule has 0 aromatic heterocycles. The number of hydrogen-bond donors (Lipinski definition) is 3. The second-order valence-corrected chi connectivity index (χ2v) is 2.59. The average Bonchev–Trinajstić information content (AvgIpc) is 2.13. The molecule has 1 aliphatic heterocycles. The highest BCUT2D eigenvalue weighted by atomic mass is 16.4. The zero-order chi connectivity index (χ0) is 7.56. The lowest BCUT2D eigenvalue weighted by molar-refractivity contribution is -0.137. The Kier molecular flexibility index (Phi) is 2.24. The van der Waals surface area contributed by atoms with Crippen molar-refractivity contribution in [1.29, 1.82) is 0 Å². The minimum Gasteiger partial charge on any atom is -0.481 e. The van der Waals surface area contributed by atoms with Crippen LogP contribution in [-0.2, 0) is 4.79 Å². The summed E-state index contributed by atoms with van der Waals surface area (Å²) in [6, 6.07) is -0.0347. The van der Waals surface area contributed by atoms with Crippen molar-refractivity contribution in [1.82, 2.24) is 5.32 Å². The van der Waals surface area contributed by atoms with Crippen LogP contribution >= 0.6 is 0 Å². The summed E-state index contributed by atoms with van der Waals surface area (Å²) >= 11 is 0. The lowest BCUT2D eigenvalue weighted by atomic mass is 10.1. The third-order valence-electron chi connectivity index (χ3n) is 1.62. The Morgan fingerprint density at radius 3 is 2.80 bits per heavy atom. The van der Waals surface area contributed by atoms with Crippen molar-refractivity contribution in [2.45, 2.75) is 25.0 Å². The van der Waals surface area contributed by atoms with Crippen LogP contribution in [0.1, 0.15) is 12.8 Å². The molecule has 1 fully saturated rings. The zero-order valence-corrected chi connectivity index (χ0v) is 5.58. The van der Waals surface area contributed by atoms with Gasteiger partial charge >= 0.3 is 5.97 Å². The van der Waals surface area contributed by atoms with Crippen LogP contribution in [0.25, 0.3) is 0 Å². The van der Waals surface area contributed by atoms with E-state index in [0.717, 1.165) is 0 Å². The first-order chi connectivity index (χ1) is 4.68. The highest BCUT2D eigenvalue weighted by Crippen LogP contribution is 2.08. The Hall–Kier alpha value is -0.610. The van der Waals surface area contributed by atoms with Crippen molar-refractivity contribution in [2.24, 2.45) is 0 Å². The van der Waals surface area contributed by atoms with Crippen molar-refractivity contribution in [2.75, 3.05) is 6.54 Å². The lowest BCUT2D eigenvalue weighted by Crippen LogP contribution is -2.24. The van der Waals surface area contributed by atoms with Gasteiger partial charge in [-0.2, -0.15) is 0 Å². The maximum absolute atomic E-state index is 10.1. The molecule has 0 radical (unpaired) electrons. The van der Waals surface area contributed by atoms with E-state index in [2.05, 4.69) is 5.32 Å². The number of hydrogen-bond acceptors (Lipinski definition) is 3. The molecule has 0 saturated carbocycles. The predicted octanol–water partition coefficient (Wildman–Crippen LogP) is -0.816. The van der Waals surface area contributed by atoms with E-state index < -0.39 is 5.97 Å². The fraction of sp³-hybridized carbons (Fsp3) is 0.833. The average molecular weight is 145 g/mol. The third-order valence-corrected chi connectivity index (χ3v) is 1.62. The predicted molar refractivity (Wildman–Crippen MR) is 34.7 cm³/mol. The van der Waals surface area contributed by atoms with Crippen LogP contribution in [0.2, 0.25) is 0 Å². The molecule has 10 heavy (non-hydrogen) atoms. The van der Waals surface area contributed by atoms with Gasteiger partial charge in [0.1, 0.15) is 0 Å². The molecule has 0 spiro atoms. The van der Waals surface area contributed by atoms with Gasteiger partial charge in [-0.3, -0.25) is 4.79 Å². The van der Waals surface area contributed by atoms with E-state index in [0.29, 0.717) is 13.0 Å². The molecular weight excluding hydrogens is 134 g/mol. The van der Waals surface area contributed by atoms with Gasteiger partial charge in [0.05, 0.1) is 12.5 Å². The van der Waals surface area contributed by atoms with Crippen LogP contribution in [0.3, 0.4) is 0 Å². The van der Waals surface area contributed by atoms with E-state index in [1.165, 1.54) is 0 Å². The highest BCUT2D eigenvalue weighted by molar-refractivity contribution is 5.67. The SMILES string of the molecule is O=C(O)C[C@@H]1CC(O)CN1. The minimum atomic E-state index is -0.813. The van der Waals surface area contributed by atoms with E-state index in [-0.39, 0.29) is 18.6 Å². The number of rotatable bonds is 2. The number of aliphatic carboxylic acids is 1.